The van der Waals surface area contributed by atoms with Crippen LogP contribution >= 0.6 is 23.1 Å². The summed E-state index contributed by atoms with van der Waals surface area (Å²) in [6, 6.07) is 13.0. The third-order valence-corrected chi connectivity index (χ3v) is 7.30. The highest BCUT2D eigenvalue weighted by atomic mass is 32.2. The van der Waals surface area contributed by atoms with Crippen LogP contribution in [0.25, 0.3) is 11.4 Å². The maximum atomic E-state index is 13.3. The van der Waals surface area contributed by atoms with Crippen LogP contribution in [0, 0.1) is 6.92 Å². The molecule has 3 aromatic heterocycles. The predicted octanol–water partition coefficient (Wildman–Crippen LogP) is 2.18. The molecule has 1 amide bonds. The van der Waals surface area contributed by atoms with Gasteiger partial charge in [-0.2, -0.15) is 4.68 Å². The highest BCUT2D eigenvalue weighted by molar-refractivity contribution is 7.99. The van der Waals surface area contributed by atoms with E-state index < -0.39 is 0 Å². The van der Waals surface area contributed by atoms with E-state index in [9.17, 15) is 14.4 Å². The van der Waals surface area contributed by atoms with Crippen molar-refractivity contribution in [3.8, 4) is 11.4 Å². The fourth-order valence-corrected chi connectivity index (χ4v) is 5.23. The van der Waals surface area contributed by atoms with Gasteiger partial charge in [0, 0.05) is 25.4 Å². The molecule has 0 saturated carbocycles. The first-order valence-corrected chi connectivity index (χ1v) is 12.3. The maximum absolute atomic E-state index is 13.3. The molecule has 0 spiro atoms. The minimum absolute atomic E-state index is 0.0539. The van der Waals surface area contributed by atoms with Crippen LogP contribution in [0.3, 0.4) is 0 Å². The quantitative estimate of drug-likeness (QED) is 0.278. The van der Waals surface area contributed by atoms with Crippen LogP contribution in [0.5, 0.6) is 0 Å². The first kappa shape index (κ1) is 23.6. The van der Waals surface area contributed by atoms with Gasteiger partial charge in [-0.05, 0) is 48.0 Å². The topological polar surface area (TPSA) is 117 Å². The Labute approximate surface area is 203 Å². The van der Waals surface area contributed by atoms with Gasteiger partial charge in [0.25, 0.3) is 5.56 Å². The number of benzene rings is 1. The number of carbonyl (C=O) groups is 2. The molecule has 0 saturated heterocycles. The normalized spacial score (nSPS) is 11.0. The van der Waals surface area contributed by atoms with Crippen LogP contribution in [0.2, 0.25) is 0 Å². The number of amides is 1. The van der Waals surface area contributed by atoms with Crippen molar-refractivity contribution in [2.75, 3.05) is 12.3 Å². The van der Waals surface area contributed by atoms with Crippen molar-refractivity contribution < 1.29 is 9.59 Å². The van der Waals surface area contributed by atoms with Crippen LogP contribution < -0.4 is 10.9 Å². The van der Waals surface area contributed by atoms with Gasteiger partial charge in [-0.25, -0.2) is 4.68 Å². The van der Waals surface area contributed by atoms with Crippen LogP contribution in [-0.2, 0) is 18.3 Å². The second-order valence-electron chi connectivity index (χ2n) is 7.49. The Bertz CT molecular complexity index is 1390. The first-order valence-electron chi connectivity index (χ1n) is 10.5. The maximum Gasteiger partial charge on any atom is 0.297 e. The molecule has 176 valence electrons. The molecule has 34 heavy (non-hydrogen) atoms. The third kappa shape index (κ3) is 4.87. The Hall–Kier alpha value is -3.51. The van der Waals surface area contributed by atoms with Crippen LogP contribution in [0.1, 0.15) is 27.2 Å². The molecule has 0 aliphatic carbocycles. The number of hydrogen-bond donors (Lipinski definition) is 1. The highest BCUT2D eigenvalue weighted by Gasteiger charge is 2.22. The number of nitrogens with zero attached hydrogens (tertiary/aromatic N) is 6. The summed E-state index contributed by atoms with van der Waals surface area (Å²) in [6.45, 7) is 3.83. The zero-order valence-corrected chi connectivity index (χ0v) is 20.5. The number of para-hydroxylation sites is 1. The zero-order valence-electron chi connectivity index (χ0n) is 18.9. The molecule has 4 rings (SSSR count). The lowest BCUT2D eigenvalue weighted by Crippen LogP contribution is -2.22. The van der Waals surface area contributed by atoms with E-state index in [0.29, 0.717) is 34.4 Å². The summed E-state index contributed by atoms with van der Waals surface area (Å²) in [5.74, 6) is -0.00177. The van der Waals surface area contributed by atoms with Gasteiger partial charge >= 0.3 is 0 Å². The largest absolute Gasteiger partial charge is 0.356 e. The van der Waals surface area contributed by atoms with Gasteiger partial charge in [-0.1, -0.05) is 30.0 Å². The fourth-order valence-electron chi connectivity index (χ4n) is 3.43. The summed E-state index contributed by atoms with van der Waals surface area (Å²) in [4.78, 5) is 38.7. The molecule has 1 N–H and O–H groups in total. The van der Waals surface area contributed by atoms with Gasteiger partial charge in [0.15, 0.2) is 11.5 Å². The average molecular weight is 498 g/mol. The zero-order chi connectivity index (χ0) is 24.2. The van der Waals surface area contributed by atoms with E-state index >= 15 is 0 Å². The Morgan fingerprint density at radius 2 is 1.91 bits per heavy atom. The monoisotopic (exact) mass is 497 g/mol. The van der Waals surface area contributed by atoms with Crippen molar-refractivity contribution in [1.29, 1.82) is 0 Å². The average Bonchev–Trinajstić information content (AvgIpc) is 3.52. The van der Waals surface area contributed by atoms with E-state index in [2.05, 4.69) is 20.8 Å². The molecule has 0 aliphatic rings. The Kier molecular flexibility index (Phi) is 7.08. The van der Waals surface area contributed by atoms with E-state index in [1.54, 1.807) is 22.5 Å². The number of nitrogens with one attached hydrogen (secondary N) is 1. The van der Waals surface area contributed by atoms with Gasteiger partial charge in [-0.15, -0.1) is 16.4 Å². The Morgan fingerprint density at radius 3 is 2.65 bits per heavy atom. The summed E-state index contributed by atoms with van der Waals surface area (Å²) in [5, 5.41) is 14.9. The second-order valence-corrected chi connectivity index (χ2v) is 9.60. The van der Waals surface area contributed by atoms with Gasteiger partial charge in [-0.3, -0.25) is 19.1 Å². The van der Waals surface area contributed by atoms with E-state index in [1.807, 2.05) is 43.3 Å². The smallest absolute Gasteiger partial charge is 0.297 e. The number of hydrogen-bond acceptors (Lipinski definition) is 8. The lowest BCUT2D eigenvalue weighted by molar-refractivity contribution is -0.118. The SMILES string of the molecule is CC(=O)NCCc1ccc(C(=O)CSc2nnnn2-c2c(C)n(C)n(-c3ccccc3)c2=O)s1. The van der Waals surface area contributed by atoms with Crippen LogP contribution in [0.4, 0.5) is 0 Å². The molecule has 4 aromatic rings. The summed E-state index contributed by atoms with van der Waals surface area (Å²) < 4.78 is 4.70. The van der Waals surface area contributed by atoms with Crippen molar-refractivity contribution in [3.05, 3.63) is 68.3 Å². The summed E-state index contributed by atoms with van der Waals surface area (Å²) in [5.41, 5.74) is 1.50. The number of rotatable bonds is 9. The van der Waals surface area contributed by atoms with Crippen molar-refractivity contribution in [3.63, 3.8) is 0 Å². The van der Waals surface area contributed by atoms with E-state index in [1.165, 1.54) is 34.7 Å². The molecule has 10 nitrogen and oxygen atoms in total. The molecule has 3 heterocycles. The van der Waals surface area contributed by atoms with E-state index in [0.717, 1.165) is 10.6 Å². The summed E-state index contributed by atoms with van der Waals surface area (Å²) in [7, 11) is 1.80. The second kappa shape index (κ2) is 10.2. The summed E-state index contributed by atoms with van der Waals surface area (Å²) in [6.07, 6.45) is 0.671. The van der Waals surface area contributed by atoms with Crippen molar-refractivity contribution in [2.45, 2.75) is 25.4 Å². The number of thiophene rings is 1. The van der Waals surface area contributed by atoms with Gasteiger partial charge in [0.05, 0.1) is 22.0 Å². The number of carbonyl (C=O) groups excluding carboxylic acids is 2. The number of tetrazole rings is 1. The fraction of sp³-hybridized carbons (Fsp3) is 0.273. The van der Waals surface area contributed by atoms with Crippen molar-refractivity contribution in [2.24, 2.45) is 7.05 Å². The number of aromatic nitrogens is 6. The molecular formula is C22H23N7O3S2. The highest BCUT2D eigenvalue weighted by Crippen LogP contribution is 2.23. The molecule has 0 bridgehead atoms. The van der Waals surface area contributed by atoms with E-state index in [-0.39, 0.29) is 23.0 Å². The van der Waals surface area contributed by atoms with Gasteiger partial charge in [0.1, 0.15) is 0 Å². The third-order valence-electron chi connectivity index (χ3n) is 5.19. The van der Waals surface area contributed by atoms with E-state index in [4.69, 9.17) is 0 Å². The molecular weight excluding hydrogens is 474 g/mol. The molecule has 1 aromatic carbocycles. The lowest BCUT2D eigenvalue weighted by Gasteiger charge is -2.07. The Morgan fingerprint density at radius 1 is 1.15 bits per heavy atom. The molecule has 0 aliphatic heterocycles. The standard InChI is InChI=1S/C22H23N7O3S2/c1-14-20(21(32)29(27(14)3)16-7-5-4-6-8-16)28-22(24-25-26-28)33-13-18(31)19-10-9-17(34-19)11-12-23-15(2)30/h4-10H,11-13H2,1-3H3,(H,23,30). The first-order chi connectivity index (χ1) is 16.4. The molecule has 0 atom stereocenters. The number of thioether (sulfide) groups is 1. The number of Topliss-reactive ketones (excluding diaryl/α,β-unsaturated/α-hetero) is 1. The molecule has 0 unspecified atom stereocenters. The minimum atomic E-state index is -0.256. The predicted molar refractivity (Wildman–Crippen MR) is 130 cm³/mol. The Balaban J connectivity index is 1.50. The number of ketones is 1. The van der Waals surface area contributed by atoms with Crippen LogP contribution in [0.15, 0.2) is 52.4 Å². The molecule has 0 radical (unpaired) electrons. The lowest BCUT2D eigenvalue weighted by atomic mass is 10.3. The van der Waals surface area contributed by atoms with Crippen molar-refractivity contribution in [1.82, 2.24) is 34.9 Å². The molecule has 12 heteroatoms. The van der Waals surface area contributed by atoms with Crippen LogP contribution in [-0.4, -0.2) is 53.6 Å². The minimum Gasteiger partial charge on any atom is -0.356 e. The summed E-state index contributed by atoms with van der Waals surface area (Å²) >= 11 is 2.59. The van der Waals surface area contributed by atoms with Gasteiger partial charge in [0.2, 0.25) is 11.1 Å². The van der Waals surface area contributed by atoms with Crippen molar-refractivity contribution >= 4 is 34.8 Å². The molecule has 0 fully saturated rings. The van der Waals surface area contributed by atoms with Gasteiger partial charge < -0.3 is 5.32 Å².